The maximum Gasteiger partial charge on any atom is 0.315 e. The lowest BCUT2D eigenvalue weighted by Gasteiger charge is -2.21. The molecule has 3 rings (SSSR count). The molecule has 0 radical (unpaired) electrons. The Labute approximate surface area is 180 Å². The van der Waals surface area contributed by atoms with E-state index in [0.717, 1.165) is 11.2 Å². The number of halogens is 1. The highest BCUT2D eigenvalue weighted by molar-refractivity contribution is 7.89. The van der Waals surface area contributed by atoms with Crippen molar-refractivity contribution in [2.45, 2.75) is 37.9 Å². The van der Waals surface area contributed by atoms with Crippen molar-refractivity contribution in [3.63, 3.8) is 0 Å². The van der Waals surface area contributed by atoms with Crippen molar-refractivity contribution in [3.8, 4) is 0 Å². The molecule has 0 saturated heterocycles. The molecule has 2 aromatic heterocycles. The van der Waals surface area contributed by atoms with Gasteiger partial charge in [-0.05, 0) is 43.7 Å². The summed E-state index contributed by atoms with van der Waals surface area (Å²) in [7, 11) is -1.97. The number of nitrogens with one attached hydrogen (secondary N) is 2. The van der Waals surface area contributed by atoms with Crippen LogP contribution in [-0.2, 0) is 23.1 Å². The molecular weight excluding hydrogens is 426 g/mol. The third-order valence-corrected chi connectivity index (χ3v) is 6.95. The summed E-state index contributed by atoms with van der Waals surface area (Å²) in [6.07, 6.45) is 3.55. The number of benzene rings is 1. The molecule has 1 aromatic carbocycles. The van der Waals surface area contributed by atoms with Gasteiger partial charge in [-0.1, -0.05) is 23.7 Å². The zero-order chi connectivity index (χ0) is 21.9. The minimum Gasteiger partial charge on any atom is -0.334 e. The molecule has 0 unspecified atom stereocenters. The number of urea groups is 1. The lowest BCUT2D eigenvalue weighted by Crippen LogP contribution is -2.34. The van der Waals surface area contributed by atoms with Gasteiger partial charge in [-0.2, -0.15) is 4.31 Å². The second kappa shape index (κ2) is 9.03. The molecule has 30 heavy (non-hydrogen) atoms. The Hall–Kier alpha value is -2.62. The Balaban J connectivity index is 1.53. The van der Waals surface area contributed by atoms with Gasteiger partial charge >= 0.3 is 6.03 Å². The largest absolute Gasteiger partial charge is 0.334 e. The standard InChI is InChI=1S/C20H24ClN5O3S/c1-14(2)25(3)30(28,29)18-7-4-15(5-8-18)10-22-20(27)23-11-17-13-26-12-16(21)6-9-19(26)24-17/h4-9,12-14H,10-11H2,1-3H3,(H2,22,23,27). The average molecular weight is 450 g/mol. The summed E-state index contributed by atoms with van der Waals surface area (Å²) in [5.74, 6) is 0. The maximum absolute atomic E-state index is 12.5. The third kappa shape index (κ3) is 5.10. The fraction of sp³-hybridized carbons (Fsp3) is 0.300. The number of rotatable bonds is 7. The van der Waals surface area contributed by atoms with Gasteiger partial charge in [0.1, 0.15) is 5.65 Å². The van der Waals surface area contributed by atoms with Gasteiger partial charge in [0.15, 0.2) is 0 Å². The summed E-state index contributed by atoms with van der Waals surface area (Å²) in [5.41, 5.74) is 2.24. The van der Waals surface area contributed by atoms with E-state index in [4.69, 9.17) is 11.6 Å². The molecule has 2 heterocycles. The van der Waals surface area contributed by atoms with Gasteiger partial charge in [0.25, 0.3) is 0 Å². The highest BCUT2D eigenvalue weighted by atomic mass is 35.5. The van der Waals surface area contributed by atoms with Crippen molar-refractivity contribution in [1.29, 1.82) is 0 Å². The Kier molecular flexibility index (Phi) is 6.64. The van der Waals surface area contributed by atoms with Gasteiger partial charge in [-0.15, -0.1) is 0 Å². The van der Waals surface area contributed by atoms with Gasteiger partial charge < -0.3 is 15.0 Å². The first kappa shape index (κ1) is 22.1. The molecular formula is C20H24ClN5O3S. The summed E-state index contributed by atoms with van der Waals surface area (Å²) >= 11 is 5.95. The zero-order valence-electron chi connectivity index (χ0n) is 17.0. The van der Waals surface area contributed by atoms with Crippen LogP contribution in [0.1, 0.15) is 25.1 Å². The Morgan fingerprint density at radius 3 is 2.43 bits per heavy atom. The number of sulfonamides is 1. The molecule has 8 nitrogen and oxygen atoms in total. The Bertz CT molecular complexity index is 1140. The monoisotopic (exact) mass is 449 g/mol. The summed E-state index contributed by atoms with van der Waals surface area (Å²) in [5, 5.41) is 6.10. The first-order valence-corrected chi connectivity index (χ1v) is 11.2. The molecule has 2 amide bonds. The van der Waals surface area contributed by atoms with Crippen LogP contribution in [0.2, 0.25) is 5.02 Å². The Morgan fingerprint density at radius 1 is 1.10 bits per heavy atom. The quantitative estimate of drug-likeness (QED) is 0.579. The summed E-state index contributed by atoms with van der Waals surface area (Å²) in [6, 6.07) is 9.54. The fourth-order valence-electron chi connectivity index (χ4n) is 2.74. The van der Waals surface area contributed by atoms with Crippen LogP contribution in [0.3, 0.4) is 0 Å². The van der Waals surface area contributed by atoms with Gasteiger partial charge in [0.2, 0.25) is 10.0 Å². The van der Waals surface area contributed by atoms with Gasteiger partial charge in [0.05, 0.1) is 22.2 Å². The summed E-state index contributed by atoms with van der Waals surface area (Å²) in [6.45, 7) is 4.17. The van der Waals surface area contributed by atoms with Crippen molar-refractivity contribution < 1.29 is 13.2 Å². The highest BCUT2D eigenvalue weighted by Crippen LogP contribution is 2.17. The average Bonchev–Trinajstić information content (AvgIpc) is 3.12. The normalized spacial score (nSPS) is 11.9. The van der Waals surface area contributed by atoms with Gasteiger partial charge in [-0.3, -0.25) is 0 Å². The molecule has 0 saturated carbocycles. The molecule has 0 aliphatic carbocycles. The van der Waals surface area contributed by atoms with E-state index in [1.54, 1.807) is 60.2 Å². The molecule has 160 valence electrons. The summed E-state index contributed by atoms with van der Waals surface area (Å²) in [4.78, 5) is 16.7. The van der Waals surface area contributed by atoms with E-state index in [0.29, 0.717) is 10.7 Å². The molecule has 0 spiro atoms. The highest BCUT2D eigenvalue weighted by Gasteiger charge is 2.22. The molecule has 0 aliphatic heterocycles. The van der Waals surface area contributed by atoms with E-state index in [1.807, 2.05) is 13.8 Å². The predicted octanol–water partition coefficient (Wildman–Crippen LogP) is 3.02. The van der Waals surface area contributed by atoms with Crippen LogP contribution in [0.25, 0.3) is 5.65 Å². The number of hydrogen-bond acceptors (Lipinski definition) is 4. The molecule has 0 atom stereocenters. The SMILES string of the molecule is CC(C)N(C)S(=O)(=O)c1ccc(CNC(=O)NCc2cn3cc(Cl)ccc3n2)cc1. The van der Waals surface area contributed by atoms with Crippen LogP contribution in [0, 0.1) is 0 Å². The lowest BCUT2D eigenvalue weighted by molar-refractivity contribution is 0.240. The first-order chi connectivity index (χ1) is 14.2. The van der Waals surface area contributed by atoms with E-state index in [1.165, 1.54) is 4.31 Å². The van der Waals surface area contributed by atoms with Crippen LogP contribution < -0.4 is 10.6 Å². The van der Waals surface area contributed by atoms with Gasteiger partial charge in [-0.25, -0.2) is 18.2 Å². The fourth-order valence-corrected chi connectivity index (χ4v) is 4.28. The number of imidazole rings is 1. The van der Waals surface area contributed by atoms with Crippen LogP contribution >= 0.6 is 11.6 Å². The number of hydrogen-bond donors (Lipinski definition) is 2. The van der Waals surface area contributed by atoms with E-state index in [-0.39, 0.29) is 30.1 Å². The van der Waals surface area contributed by atoms with Crippen molar-refractivity contribution in [1.82, 2.24) is 24.3 Å². The molecule has 3 aromatic rings. The minimum absolute atomic E-state index is 0.134. The number of fused-ring (bicyclic) bond motifs is 1. The molecule has 0 bridgehead atoms. The maximum atomic E-state index is 12.5. The van der Waals surface area contributed by atoms with Crippen LogP contribution in [-0.4, -0.2) is 41.2 Å². The molecule has 0 fully saturated rings. The number of carbonyl (C=O) groups is 1. The van der Waals surface area contributed by atoms with Crippen molar-refractivity contribution in [2.75, 3.05) is 7.05 Å². The topological polar surface area (TPSA) is 95.8 Å². The number of amides is 2. The number of aromatic nitrogens is 2. The van der Waals surface area contributed by atoms with Crippen molar-refractivity contribution in [2.24, 2.45) is 0 Å². The first-order valence-electron chi connectivity index (χ1n) is 9.38. The van der Waals surface area contributed by atoms with E-state index >= 15 is 0 Å². The molecule has 10 heteroatoms. The van der Waals surface area contributed by atoms with Crippen molar-refractivity contribution >= 4 is 33.3 Å². The predicted molar refractivity (Wildman–Crippen MR) is 116 cm³/mol. The summed E-state index contributed by atoms with van der Waals surface area (Å²) < 4.78 is 28.1. The zero-order valence-corrected chi connectivity index (χ0v) is 18.5. The van der Waals surface area contributed by atoms with Crippen LogP contribution in [0.15, 0.2) is 53.7 Å². The number of nitrogens with zero attached hydrogens (tertiary/aromatic N) is 3. The second-order valence-corrected chi connectivity index (χ2v) is 9.57. The van der Waals surface area contributed by atoms with Crippen LogP contribution in [0.5, 0.6) is 0 Å². The van der Waals surface area contributed by atoms with E-state index in [9.17, 15) is 13.2 Å². The lowest BCUT2D eigenvalue weighted by atomic mass is 10.2. The van der Waals surface area contributed by atoms with Crippen molar-refractivity contribution in [3.05, 3.63) is 65.1 Å². The van der Waals surface area contributed by atoms with E-state index < -0.39 is 10.0 Å². The third-order valence-electron chi connectivity index (χ3n) is 4.68. The van der Waals surface area contributed by atoms with E-state index in [2.05, 4.69) is 15.6 Å². The van der Waals surface area contributed by atoms with Gasteiger partial charge in [0, 0.05) is 32.0 Å². The minimum atomic E-state index is -3.52. The molecule has 0 aliphatic rings. The number of pyridine rings is 1. The Morgan fingerprint density at radius 2 is 1.77 bits per heavy atom. The smallest absolute Gasteiger partial charge is 0.315 e. The second-order valence-electron chi connectivity index (χ2n) is 7.14. The molecule has 2 N–H and O–H groups in total. The number of carbonyl (C=O) groups excluding carboxylic acids is 1. The van der Waals surface area contributed by atoms with Crippen LogP contribution in [0.4, 0.5) is 4.79 Å².